The quantitative estimate of drug-likeness (QED) is 0.470. The fraction of sp³-hybridized carbons (Fsp3) is 0.500. The highest BCUT2D eigenvalue weighted by atomic mass is 35.6. The molecule has 0 spiro atoms. The van der Waals surface area contributed by atoms with Gasteiger partial charge in [-0.05, 0) is 0 Å². The van der Waals surface area contributed by atoms with Crippen LogP contribution in [0.5, 0.6) is 0 Å². The molecule has 7 heavy (non-hydrogen) atoms. The van der Waals surface area contributed by atoms with E-state index < -0.39 is 5.97 Å². The van der Waals surface area contributed by atoms with Crippen LogP contribution in [0, 0.1) is 11.3 Å². The van der Waals surface area contributed by atoms with E-state index in [4.69, 9.17) is 11.6 Å². The smallest absolute Gasteiger partial charge is 0.396 e. The Bertz CT molecular complexity index is 64.0. The predicted molar refractivity (Wildman–Crippen MR) is 16.8 cm³/mol. The zero-order chi connectivity index (χ0) is 5.70. The van der Waals surface area contributed by atoms with Crippen LogP contribution in [0.3, 0.4) is 0 Å². The third-order valence-corrected chi connectivity index (χ3v) is 0.680. The second-order valence-corrected chi connectivity index (χ2v) is 1.19. The molecule has 0 aliphatic heterocycles. The Labute approximate surface area is 49.3 Å². The SMILES string of the molecule is O=C(CCl)O[Cl+][O-]. The maximum absolute atomic E-state index is 9.82. The van der Waals surface area contributed by atoms with Gasteiger partial charge in [-0.25, -0.2) is 4.79 Å². The molecule has 0 heterocycles. The molecule has 5 heteroatoms. The summed E-state index contributed by atoms with van der Waals surface area (Å²) >= 11 is 5.04. The fourth-order valence-corrected chi connectivity index (χ4v) is 0.291. The first-order chi connectivity index (χ1) is 3.31. The van der Waals surface area contributed by atoms with Gasteiger partial charge in [0.15, 0.2) is 0 Å². The first-order valence-corrected chi connectivity index (χ1v) is 2.49. The highest BCUT2D eigenvalue weighted by Crippen LogP contribution is 1.78. The van der Waals surface area contributed by atoms with Gasteiger partial charge < -0.3 is 4.66 Å². The minimum absolute atomic E-state index is 0.145. The summed E-state index contributed by atoms with van der Waals surface area (Å²) in [5.41, 5.74) is 0. The van der Waals surface area contributed by atoms with Gasteiger partial charge in [-0.3, -0.25) is 0 Å². The van der Waals surface area contributed by atoms with Crippen LogP contribution in [0.4, 0.5) is 0 Å². The molecule has 0 N–H and O–H groups in total. The number of carbonyl (C=O) groups excluding carboxylic acids is 1. The second kappa shape index (κ2) is 4.18. The summed E-state index contributed by atoms with van der Waals surface area (Å²) in [7, 11) is 0. The molecule has 0 rings (SSSR count). The van der Waals surface area contributed by atoms with Crippen molar-refractivity contribution < 1.29 is 25.1 Å². The summed E-state index contributed by atoms with van der Waals surface area (Å²) in [5, 5.41) is 0. The van der Waals surface area contributed by atoms with Crippen molar-refractivity contribution in [2.75, 3.05) is 5.88 Å². The fourth-order valence-electron chi connectivity index (χ4n) is 0.0558. The lowest BCUT2D eigenvalue weighted by atomic mass is 10.8. The first-order valence-electron chi connectivity index (χ1n) is 1.34. The highest BCUT2D eigenvalue weighted by molar-refractivity contribution is 6.26. The van der Waals surface area contributed by atoms with Gasteiger partial charge in [0.2, 0.25) is 0 Å². The maximum atomic E-state index is 9.82. The number of halogens is 2. The monoisotopic (exact) mass is 144 g/mol. The van der Waals surface area contributed by atoms with Crippen LogP contribution in [0.15, 0.2) is 0 Å². The van der Waals surface area contributed by atoms with E-state index in [0.717, 1.165) is 0 Å². The highest BCUT2D eigenvalue weighted by Gasteiger charge is 2.03. The summed E-state index contributed by atoms with van der Waals surface area (Å²) in [4.78, 5) is 9.82. The summed E-state index contributed by atoms with van der Waals surface area (Å²) in [5.74, 6) is -1.01. The molecule has 0 saturated heterocycles. The van der Waals surface area contributed by atoms with Crippen molar-refractivity contribution in [3.05, 3.63) is 0 Å². The molecule has 0 fully saturated rings. The van der Waals surface area contributed by atoms with Crippen molar-refractivity contribution in [1.29, 1.82) is 0 Å². The van der Waals surface area contributed by atoms with Crippen LogP contribution in [0.1, 0.15) is 0 Å². The van der Waals surface area contributed by atoms with E-state index in [-0.39, 0.29) is 17.2 Å². The lowest BCUT2D eigenvalue weighted by Crippen LogP contribution is -2.11. The minimum Gasteiger partial charge on any atom is -0.495 e. The number of hydrogen-bond donors (Lipinski definition) is 0. The molecule has 0 aromatic heterocycles. The third-order valence-electron chi connectivity index (χ3n) is 0.227. The van der Waals surface area contributed by atoms with E-state index in [2.05, 4.69) is 4.29 Å². The van der Waals surface area contributed by atoms with Crippen LogP contribution in [0.2, 0.25) is 0 Å². The molecule has 0 aliphatic carbocycles. The Kier molecular flexibility index (Phi) is 4.18. The Morgan fingerprint density at radius 3 is 2.71 bits per heavy atom. The van der Waals surface area contributed by atoms with Gasteiger partial charge in [0.25, 0.3) is 0 Å². The third kappa shape index (κ3) is 3.85. The van der Waals surface area contributed by atoms with Gasteiger partial charge in [-0.1, -0.05) is 0 Å². The summed E-state index contributed by atoms with van der Waals surface area (Å²) < 4.78 is 13.0. The van der Waals surface area contributed by atoms with E-state index in [9.17, 15) is 9.45 Å². The molecule has 0 aromatic carbocycles. The zero-order valence-corrected chi connectivity index (χ0v) is 4.70. The summed E-state index contributed by atoms with van der Waals surface area (Å²) in [6.45, 7) is 0. The van der Waals surface area contributed by atoms with Gasteiger partial charge in [0.05, 0.1) is 0 Å². The van der Waals surface area contributed by atoms with Gasteiger partial charge in [0.1, 0.15) is 5.88 Å². The molecular weight excluding hydrogens is 143 g/mol. The number of hydrogen-bond acceptors (Lipinski definition) is 3. The van der Waals surface area contributed by atoms with Crippen molar-refractivity contribution in [3.63, 3.8) is 0 Å². The largest absolute Gasteiger partial charge is 0.495 e. The van der Waals surface area contributed by atoms with Crippen molar-refractivity contribution >= 4 is 17.6 Å². The lowest BCUT2D eigenvalue weighted by molar-refractivity contribution is -1.26. The second-order valence-electron chi connectivity index (χ2n) is 0.646. The number of rotatable bonds is 2. The average Bonchev–Trinajstić information content (AvgIpc) is 1.68. The molecule has 0 saturated carbocycles. The maximum Gasteiger partial charge on any atom is 0.396 e. The van der Waals surface area contributed by atoms with Gasteiger partial charge in [-0.2, -0.15) is 4.29 Å². The predicted octanol–water partition coefficient (Wildman–Crippen LogP) is -0.956. The zero-order valence-electron chi connectivity index (χ0n) is 3.19. The molecule has 0 radical (unpaired) electrons. The normalized spacial score (nSPS) is 8.29. The van der Waals surface area contributed by atoms with Crippen LogP contribution in [0.25, 0.3) is 0 Å². The molecule has 0 bridgehead atoms. The minimum atomic E-state index is -0.731. The molecule has 0 aromatic rings. The molecule has 0 amide bonds. The molecule has 0 atom stereocenters. The molecule has 0 aliphatic rings. The van der Waals surface area contributed by atoms with E-state index in [1.807, 2.05) is 0 Å². The molecule has 0 unspecified atom stereocenters. The van der Waals surface area contributed by atoms with E-state index >= 15 is 0 Å². The van der Waals surface area contributed by atoms with Crippen molar-refractivity contribution in [1.82, 2.24) is 0 Å². The van der Waals surface area contributed by atoms with Crippen LogP contribution in [-0.2, 0) is 9.08 Å². The topological polar surface area (TPSA) is 49.4 Å². The molecule has 42 valence electrons. The Morgan fingerprint density at radius 2 is 2.57 bits per heavy atom. The van der Waals surface area contributed by atoms with Gasteiger partial charge in [-0.15, -0.1) is 11.6 Å². The van der Waals surface area contributed by atoms with Gasteiger partial charge in [0, 0.05) is 0 Å². The van der Waals surface area contributed by atoms with Crippen molar-refractivity contribution in [2.24, 2.45) is 0 Å². The van der Waals surface area contributed by atoms with Gasteiger partial charge >= 0.3 is 17.3 Å². The molecular formula is C2H2Cl2O3. The average molecular weight is 145 g/mol. The summed E-state index contributed by atoms with van der Waals surface area (Å²) in [6.07, 6.45) is 0. The Hall–Kier alpha value is 0.01000. The Morgan fingerprint density at radius 1 is 2.00 bits per heavy atom. The number of carbonyl (C=O) groups is 1. The van der Waals surface area contributed by atoms with Crippen LogP contribution >= 0.6 is 11.6 Å². The van der Waals surface area contributed by atoms with E-state index in [1.54, 1.807) is 0 Å². The van der Waals surface area contributed by atoms with E-state index in [0.29, 0.717) is 0 Å². The first kappa shape index (κ1) is 7.01. The van der Waals surface area contributed by atoms with E-state index in [1.165, 1.54) is 0 Å². The lowest BCUT2D eigenvalue weighted by Gasteiger charge is -1.79. The number of alkyl halides is 1. The van der Waals surface area contributed by atoms with Crippen molar-refractivity contribution in [3.8, 4) is 0 Å². The summed E-state index contributed by atoms with van der Waals surface area (Å²) in [6, 6.07) is 0. The van der Waals surface area contributed by atoms with Crippen molar-refractivity contribution in [2.45, 2.75) is 0 Å². The van der Waals surface area contributed by atoms with Crippen LogP contribution < -0.4 is 4.66 Å². The standard InChI is InChI=1S/C2H2Cl2O3/c3-1-2(5)7-4-6/h1H2. The Balaban J connectivity index is 3.00. The molecule has 3 nitrogen and oxygen atoms in total. The van der Waals surface area contributed by atoms with Crippen LogP contribution in [-0.4, -0.2) is 11.8 Å².